The predicted octanol–water partition coefficient (Wildman–Crippen LogP) is 3.96. The van der Waals surface area contributed by atoms with Crippen molar-refractivity contribution in [3.8, 4) is 0 Å². The van der Waals surface area contributed by atoms with Crippen LogP contribution in [0.5, 0.6) is 0 Å². The summed E-state index contributed by atoms with van der Waals surface area (Å²) in [5, 5.41) is 11.4. The molecule has 21 heavy (non-hydrogen) atoms. The fourth-order valence-electron chi connectivity index (χ4n) is 2.62. The van der Waals surface area contributed by atoms with Gasteiger partial charge in [-0.1, -0.05) is 24.3 Å². The molecule has 0 saturated heterocycles. The lowest BCUT2D eigenvalue weighted by atomic mass is 9.98. The van der Waals surface area contributed by atoms with Crippen LogP contribution in [0.4, 0.5) is 4.39 Å². The Morgan fingerprint density at radius 3 is 2.76 bits per heavy atom. The van der Waals surface area contributed by atoms with Crippen LogP contribution in [0, 0.1) is 12.7 Å². The zero-order chi connectivity index (χ0) is 14.8. The molecule has 0 aliphatic rings. The zero-order valence-corrected chi connectivity index (χ0v) is 11.8. The number of hydrogen-bond acceptors (Lipinski definition) is 2. The smallest absolute Gasteiger partial charge is 0.123 e. The third-order valence-corrected chi connectivity index (χ3v) is 3.60. The van der Waals surface area contributed by atoms with Crippen LogP contribution in [-0.2, 0) is 6.42 Å². The van der Waals surface area contributed by atoms with Crippen LogP contribution >= 0.6 is 0 Å². The third kappa shape index (κ3) is 2.93. The Morgan fingerprint density at radius 1 is 1.14 bits per heavy atom. The van der Waals surface area contributed by atoms with Gasteiger partial charge in [-0.05, 0) is 47.9 Å². The lowest BCUT2D eigenvalue weighted by molar-refractivity contribution is 0.178. The molecule has 106 valence electrons. The second kappa shape index (κ2) is 5.62. The summed E-state index contributed by atoms with van der Waals surface area (Å²) in [5.74, 6) is -0.316. The van der Waals surface area contributed by atoms with E-state index in [0.29, 0.717) is 12.0 Å². The number of aromatic nitrogens is 1. The monoisotopic (exact) mass is 281 g/mol. The Kier molecular flexibility index (Phi) is 3.67. The van der Waals surface area contributed by atoms with Gasteiger partial charge in [-0.2, -0.15) is 0 Å². The molecule has 0 aliphatic carbocycles. The molecule has 1 unspecified atom stereocenters. The summed E-state index contributed by atoms with van der Waals surface area (Å²) in [5.41, 5.74) is 3.32. The van der Waals surface area contributed by atoms with E-state index in [1.54, 1.807) is 6.20 Å². The Bertz CT molecular complexity index is 760. The molecular weight excluding hydrogens is 265 g/mol. The number of aliphatic hydroxyl groups excluding tert-OH is 1. The minimum Gasteiger partial charge on any atom is -0.388 e. The lowest BCUT2D eigenvalue weighted by Gasteiger charge is -2.13. The van der Waals surface area contributed by atoms with E-state index in [0.717, 1.165) is 22.0 Å². The van der Waals surface area contributed by atoms with E-state index < -0.39 is 6.10 Å². The number of aryl methyl sites for hydroxylation is 1. The first-order chi connectivity index (χ1) is 10.1. The third-order valence-electron chi connectivity index (χ3n) is 3.60. The van der Waals surface area contributed by atoms with Gasteiger partial charge in [-0.3, -0.25) is 4.98 Å². The van der Waals surface area contributed by atoms with Crippen molar-refractivity contribution in [1.82, 2.24) is 4.98 Å². The summed E-state index contributed by atoms with van der Waals surface area (Å²) in [6.07, 6.45) is 1.44. The fourth-order valence-corrected chi connectivity index (χ4v) is 2.62. The molecule has 3 heteroatoms. The van der Waals surface area contributed by atoms with Crippen molar-refractivity contribution in [2.75, 3.05) is 0 Å². The van der Waals surface area contributed by atoms with Crippen LogP contribution in [0.25, 0.3) is 10.9 Å². The average Bonchev–Trinajstić information content (AvgIpc) is 2.46. The SMILES string of the molecule is Cc1cc(F)cc(C(O)Cc2ccnc3ccccc23)c1. The van der Waals surface area contributed by atoms with E-state index in [-0.39, 0.29) is 5.82 Å². The highest BCUT2D eigenvalue weighted by molar-refractivity contribution is 5.81. The van der Waals surface area contributed by atoms with Crippen LogP contribution < -0.4 is 0 Å². The molecule has 1 aromatic heterocycles. The fraction of sp³-hybridized carbons (Fsp3) is 0.167. The normalized spacial score (nSPS) is 12.5. The molecule has 1 heterocycles. The first-order valence-corrected chi connectivity index (χ1v) is 6.91. The van der Waals surface area contributed by atoms with Crippen molar-refractivity contribution in [1.29, 1.82) is 0 Å². The minimum absolute atomic E-state index is 0.316. The van der Waals surface area contributed by atoms with Crippen molar-refractivity contribution in [3.05, 3.63) is 77.2 Å². The number of benzene rings is 2. The summed E-state index contributed by atoms with van der Waals surface area (Å²) in [4.78, 5) is 4.31. The molecule has 3 rings (SSSR count). The molecule has 0 fully saturated rings. The van der Waals surface area contributed by atoms with Gasteiger partial charge in [0.25, 0.3) is 0 Å². The lowest BCUT2D eigenvalue weighted by Crippen LogP contribution is -2.03. The van der Waals surface area contributed by atoms with Gasteiger partial charge in [0.05, 0.1) is 11.6 Å². The molecule has 1 atom stereocenters. The maximum Gasteiger partial charge on any atom is 0.123 e. The van der Waals surface area contributed by atoms with Crippen LogP contribution in [0.1, 0.15) is 22.8 Å². The molecule has 0 spiro atoms. The molecule has 2 aromatic carbocycles. The highest BCUT2D eigenvalue weighted by Gasteiger charge is 2.12. The number of halogens is 1. The van der Waals surface area contributed by atoms with Gasteiger partial charge in [0.1, 0.15) is 5.82 Å². The summed E-state index contributed by atoms with van der Waals surface area (Å²) in [7, 11) is 0. The highest BCUT2D eigenvalue weighted by Crippen LogP contribution is 2.24. The van der Waals surface area contributed by atoms with Crippen LogP contribution in [-0.4, -0.2) is 10.1 Å². The Hall–Kier alpha value is -2.26. The number of fused-ring (bicyclic) bond motifs is 1. The van der Waals surface area contributed by atoms with Gasteiger partial charge in [-0.25, -0.2) is 4.39 Å². The van der Waals surface area contributed by atoms with Crippen LogP contribution in [0.3, 0.4) is 0 Å². The second-order valence-electron chi connectivity index (χ2n) is 5.27. The summed E-state index contributed by atoms with van der Waals surface area (Å²) in [6.45, 7) is 1.82. The van der Waals surface area contributed by atoms with E-state index in [2.05, 4.69) is 4.98 Å². The van der Waals surface area contributed by atoms with Crippen molar-refractivity contribution < 1.29 is 9.50 Å². The van der Waals surface area contributed by atoms with Gasteiger partial charge in [0.15, 0.2) is 0 Å². The van der Waals surface area contributed by atoms with Gasteiger partial charge in [0, 0.05) is 18.0 Å². The topological polar surface area (TPSA) is 33.1 Å². The summed E-state index contributed by atoms with van der Waals surface area (Å²) < 4.78 is 13.5. The number of pyridine rings is 1. The molecule has 2 nitrogen and oxygen atoms in total. The van der Waals surface area contributed by atoms with E-state index in [1.165, 1.54) is 12.1 Å². The summed E-state index contributed by atoms with van der Waals surface area (Å²) >= 11 is 0. The van der Waals surface area contributed by atoms with Crippen molar-refractivity contribution >= 4 is 10.9 Å². The van der Waals surface area contributed by atoms with E-state index in [9.17, 15) is 9.50 Å². The highest BCUT2D eigenvalue weighted by atomic mass is 19.1. The second-order valence-corrected chi connectivity index (χ2v) is 5.27. The first kappa shape index (κ1) is 13.7. The number of nitrogens with zero attached hydrogens (tertiary/aromatic N) is 1. The Balaban J connectivity index is 1.94. The zero-order valence-electron chi connectivity index (χ0n) is 11.8. The van der Waals surface area contributed by atoms with Crippen LogP contribution in [0.2, 0.25) is 0 Å². The van der Waals surface area contributed by atoms with E-state index in [1.807, 2.05) is 43.3 Å². The standard InChI is InChI=1S/C18H16FNO/c1-12-8-14(10-15(19)9-12)18(21)11-13-6-7-20-17-5-3-2-4-16(13)17/h2-10,18,21H,11H2,1H3. The van der Waals surface area contributed by atoms with Crippen LogP contribution in [0.15, 0.2) is 54.7 Å². The maximum atomic E-state index is 13.5. The number of hydrogen-bond donors (Lipinski definition) is 1. The van der Waals surface area contributed by atoms with Gasteiger partial charge < -0.3 is 5.11 Å². The van der Waals surface area contributed by atoms with Gasteiger partial charge >= 0.3 is 0 Å². The van der Waals surface area contributed by atoms with E-state index >= 15 is 0 Å². The Morgan fingerprint density at radius 2 is 1.95 bits per heavy atom. The molecular formula is C18H16FNO. The Labute approximate surface area is 122 Å². The van der Waals surface area contributed by atoms with Gasteiger partial charge in [0.2, 0.25) is 0 Å². The molecule has 0 amide bonds. The van der Waals surface area contributed by atoms with Crippen molar-refractivity contribution in [2.24, 2.45) is 0 Å². The number of para-hydroxylation sites is 1. The quantitative estimate of drug-likeness (QED) is 0.788. The molecule has 1 N–H and O–H groups in total. The molecule has 0 radical (unpaired) electrons. The van der Waals surface area contributed by atoms with Gasteiger partial charge in [-0.15, -0.1) is 0 Å². The number of rotatable bonds is 3. The predicted molar refractivity (Wildman–Crippen MR) is 81.5 cm³/mol. The average molecular weight is 281 g/mol. The molecule has 0 aliphatic heterocycles. The maximum absolute atomic E-state index is 13.5. The largest absolute Gasteiger partial charge is 0.388 e. The molecule has 0 bridgehead atoms. The van der Waals surface area contributed by atoms with Crippen molar-refractivity contribution in [2.45, 2.75) is 19.4 Å². The molecule has 0 saturated carbocycles. The minimum atomic E-state index is -0.731. The van der Waals surface area contributed by atoms with Crippen molar-refractivity contribution in [3.63, 3.8) is 0 Å². The summed E-state index contributed by atoms with van der Waals surface area (Å²) in [6, 6.07) is 14.4. The number of aliphatic hydroxyl groups is 1. The molecule has 3 aromatic rings. The van der Waals surface area contributed by atoms with E-state index in [4.69, 9.17) is 0 Å². The first-order valence-electron chi connectivity index (χ1n) is 6.91.